The third kappa shape index (κ3) is 5.85. The molecule has 1 amide bonds. The second-order valence-electron chi connectivity index (χ2n) is 5.54. The Morgan fingerprint density at radius 3 is 2.81 bits per heavy atom. The van der Waals surface area contributed by atoms with Gasteiger partial charge in [-0.2, -0.15) is 13.2 Å². The molecule has 1 unspecified atom stereocenters. The number of hydrogen-bond donors (Lipinski definition) is 3. The molecule has 0 aliphatic rings. The summed E-state index contributed by atoms with van der Waals surface area (Å²) in [5.74, 6) is -0.154. The van der Waals surface area contributed by atoms with Crippen molar-refractivity contribution in [2.24, 2.45) is 0 Å². The highest BCUT2D eigenvalue weighted by atomic mass is 19.4. The van der Waals surface area contributed by atoms with Crippen LogP contribution in [0.1, 0.15) is 29.5 Å². The molecule has 0 spiro atoms. The number of aliphatic hydroxyl groups excluding tert-OH is 1. The van der Waals surface area contributed by atoms with Crippen molar-refractivity contribution in [1.82, 2.24) is 9.97 Å². The van der Waals surface area contributed by atoms with Gasteiger partial charge in [-0.25, -0.2) is 4.98 Å². The maximum Gasteiger partial charge on any atom is 0.391 e. The van der Waals surface area contributed by atoms with Crippen molar-refractivity contribution in [3.05, 3.63) is 63.8 Å². The van der Waals surface area contributed by atoms with Gasteiger partial charge in [0.25, 0.3) is 5.56 Å². The van der Waals surface area contributed by atoms with Crippen LogP contribution in [0, 0.1) is 6.92 Å². The number of nitrogens with one attached hydrogen (secondary N) is 2. The van der Waals surface area contributed by atoms with Crippen LogP contribution >= 0.6 is 0 Å². The molecular formula is C17H16F3N3O3. The molecule has 3 N–H and O–H groups in total. The number of carbonyl (C=O) groups is 1. The summed E-state index contributed by atoms with van der Waals surface area (Å²) in [6.07, 6.45) is -3.93. The van der Waals surface area contributed by atoms with Crippen LogP contribution in [0.5, 0.6) is 0 Å². The molecule has 9 heteroatoms. The number of halogens is 3. The number of aliphatic hydroxyl groups is 1. The Kier molecular flexibility index (Phi) is 5.93. The van der Waals surface area contributed by atoms with Crippen LogP contribution in [0.2, 0.25) is 0 Å². The van der Waals surface area contributed by atoms with Crippen molar-refractivity contribution in [2.75, 3.05) is 5.32 Å². The summed E-state index contributed by atoms with van der Waals surface area (Å²) in [6, 6.07) is 5.47. The van der Waals surface area contributed by atoms with E-state index in [-0.39, 0.29) is 16.8 Å². The van der Waals surface area contributed by atoms with Gasteiger partial charge in [0.2, 0.25) is 5.91 Å². The number of aromatic nitrogens is 2. The highest BCUT2D eigenvalue weighted by molar-refractivity contribution is 6.01. The van der Waals surface area contributed by atoms with Gasteiger partial charge in [-0.05, 0) is 30.7 Å². The van der Waals surface area contributed by atoms with Gasteiger partial charge in [0.15, 0.2) is 0 Å². The van der Waals surface area contributed by atoms with E-state index in [2.05, 4.69) is 15.3 Å². The number of anilines is 1. The molecule has 0 aliphatic heterocycles. The molecule has 1 heterocycles. The lowest BCUT2D eigenvalue weighted by Gasteiger charge is -2.14. The number of alkyl halides is 3. The van der Waals surface area contributed by atoms with Crippen molar-refractivity contribution in [1.29, 1.82) is 0 Å². The molecule has 0 bridgehead atoms. The maximum absolute atomic E-state index is 12.3. The molecule has 2 aromatic rings. The first-order valence-corrected chi connectivity index (χ1v) is 7.54. The second-order valence-corrected chi connectivity index (χ2v) is 5.54. The van der Waals surface area contributed by atoms with Crippen LogP contribution in [-0.4, -0.2) is 27.2 Å². The Balaban J connectivity index is 2.06. The van der Waals surface area contributed by atoms with Crippen LogP contribution in [-0.2, 0) is 4.79 Å². The molecule has 0 aliphatic carbocycles. The number of hydrogen-bond acceptors (Lipinski definition) is 4. The minimum absolute atomic E-state index is 0.0308. The van der Waals surface area contributed by atoms with Crippen LogP contribution in [0.3, 0.4) is 0 Å². The van der Waals surface area contributed by atoms with Gasteiger partial charge in [0, 0.05) is 18.0 Å². The van der Waals surface area contributed by atoms with E-state index in [1.165, 1.54) is 36.5 Å². The Labute approximate surface area is 146 Å². The van der Waals surface area contributed by atoms with E-state index in [9.17, 15) is 27.9 Å². The van der Waals surface area contributed by atoms with E-state index in [4.69, 9.17) is 0 Å². The number of aryl methyl sites for hydroxylation is 1. The highest BCUT2D eigenvalue weighted by Gasteiger charge is 2.31. The van der Waals surface area contributed by atoms with Gasteiger partial charge in [-0.15, -0.1) is 0 Å². The van der Waals surface area contributed by atoms with Crippen molar-refractivity contribution in [2.45, 2.75) is 25.6 Å². The first-order valence-electron chi connectivity index (χ1n) is 7.54. The van der Waals surface area contributed by atoms with Crippen molar-refractivity contribution < 1.29 is 23.1 Å². The Bertz CT molecular complexity index is 875. The fourth-order valence-corrected chi connectivity index (χ4v) is 2.12. The molecule has 1 atom stereocenters. The van der Waals surface area contributed by atoms with Crippen molar-refractivity contribution in [3.63, 3.8) is 0 Å². The first kappa shape index (κ1) is 19.4. The Morgan fingerprint density at radius 1 is 1.42 bits per heavy atom. The van der Waals surface area contributed by atoms with Crippen LogP contribution in [0.25, 0.3) is 6.08 Å². The SMILES string of the molecule is Cc1ncc(/C=C/C(=O)Nc2cccc(C(O)CC(F)(F)F)c2)c(=O)[nH]1. The molecule has 138 valence electrons. The zero-order chi connectivity index (χ0) is 19.3. The predicted octanol–water partition coefficient (Wildman–Crippen LogP) is 2.72. The van der Waals surface area contributed by atoms with Crippen molar-refractivity contribution >= 4 is 17.7 Å². The monoisotopic (exact) mass is 367 g/mol. The average molecular weight is 367 g/mol. The van der Waals surface area contributed by atoms with E-state index < -0.39 is 30.2 Å². The van der Waals surface area contributed by atoms with E-state index in [1.807, 2.05) is 0 Å². The first-order chi connectivity index (χ1) is 12.1. The zero-order valence-corrected chi connectivity index (χ0v) is 13.7. The number of H-pyrrole nitrogens is 1. The Hall–Kier alpha value is -2.94. The lowest BCUT2D eigenvalue weighted by atomic mass is 10.1. The number of rotatable bonds is 5. The van der Waals surface area contributed by atoms with Gasteiger partial charge in [-0.3, -0.25) is 9.59 Å². The number of amides is 1. The summed E-state index contributed by atoms with van der Waals surface area (Å²) in [6.45, 7) is 1.61. The van der Waals surface area contributed by atoms with Crippen LogP contribution in [0.15, 0.2) is 41.3 Å². The fourth-order valence-electron chi connectivity index (χ4n) is 2.12. The molecule has 1 aromatic heterocycles. The predicted molar refractivity (Wildman–Crippen MR) is 89.3 cm³/mol. The number of nitrogens with zero attached hydrogens (tertiary/aromatic N) is 1. The zero-order valence-electron chi connectivity index (χ0n) is 13.7. The third-order valence-electron chi connectivity index (χ3n) is 3.33. The molecule has 2 rings (SSSR count). The van der Waals surface area contributed by atoms with Gasteiger partial charge >= 0.3 is 6.18 Å². The molecule has 6 nitrogen and oxygen atoms in total. The van der Waals surface area contributed by atoms with E-state index in [1.54, 1.807) is 6.92 Å². The minimum atomic E-state index is -4.50. The van der Waals surface area contributed by atoms with Crippen LogP contribution < -0.4 is 10.9 Å². The van der Waals surface area contributed by atoms with E-state index in [0.717, 1.165) is 6.08 Å². The quantitative estimate of drug-likeness (QED) is 0.708. The van der Waals surface area contributed by atoms with Gasteiger partial charge < -0.3 is 15.4 Å². The molecule has 0 saturated heterocycles. The largest absolute Gasteiger partial charge is 0.391 e. The maximum atomic E-state index is 12.3. The number of benzene rings is 1. The average Bonchev–Trinajstić information content (AvgIpc) is 2.52. The minimum Gasteiger partial charge on any atom is -0.388 e. The van der Waals surface area contributed by atoms with E-state index >= 15 is 0 Å². The fraction of sp³-hybridized carbons (Fsp3) is 0.235. The lowest BCUT2D eigenvalue weighted by molar-refractivity contribution is -0.154. The number of carbonyl (C=O) groups excluding carboxylic acids is 1. The standard InChI is InChI=1S/C17H16F3N3O3/c1-10-21-9-12(16(26)22-10)5-6-15(25)23-13-4-2-3-11(7-13)14(24)8-17(18,19)20/h2-7,9,14,24H,8H2,1H3,(H,23,25)(H,21,22,26)/b6-5+. The van der Waals surface area contributed by atoms with Gasteiger partial charge in [-0.1, -0.05) is 12.1 Å². The van der Waals surface area contributed by atoms with E-state index in [0.29, 0.717) is 5.82 Å². The molecule has 0 fully saturated rings. The molecular weight excluding hydrogens is 351 g/mol. The van der Waals surface area contributed by atoms with Gasteiger partial charge in [0.1, 0.15) is 5.82 Å². The normalized spacial score (nSPS) is 13.0. The molecule has 0 saturated carbocycles. The molecule has 0 radical (unpaired) electrons. The summed E-state index contributed by atoms with van der Waals surface area (Å²) in [5, 5.41) is 12.1. The Morgan fingerprint density at radius 2 is 2.15 bits per heavy atom. The highest BCUT2D eigenvalue weighted by Crippen LogP contribution is 2.30. The lowest BCUT2D eigenvalue weighted by Crippen LogP contribution is -2.14. The summed E-state index contributed by atoms with van der Waals surface area (Å²) < 4.78 is 37.0. The molecule has 26 heavy (non-hydrogen) atoms. The number of aromatic amines is 1. The third-order valence-corrected chi connectivity index (χ3v) is 3.33. The summed E-state index contributed by atoms with van der Waals surface area (Å²) in [7, 11) is 0. The van der Waals surface area contributed by atoms with Crippen molar-refractivity contribution in [3.8, 4) is 0 Å². The topological polar surface area (TPSA) is 95.1 Å². The van der Waals surface area contributed by atoms with Crippen LogP contribution in [0.4, 0.5) is 18.9 Å². The summed E-state index contributed by atoms with van der Waals surface area (Å²) in [4.78, 5) is 29.9. The smallest absolute Gasteiger partial charge is 0.388 e. The second kappa shape index (κ2) is 7.96. The molecule has 1 aromatic carbocycles. The van der Waals surface area contributed by atoms with Gasteiger partial charge in [0.05, 0.1) is 18.1 Å². The summed E-state index contributed by atoms with van der Waals surface area (Å²) in [5.41, 5.74) is 0.0246. The summed E-state index contributed by atoms with van der Waals surface area (Å²) >= 11 is 0.